The second kappa shape index (κ2) is 10.2. The lowest BCUT2D eigenvalue weighted by atomic mass is 10.2. The Morgan fingerprint density at radius 3 is 2.48 bits per heavy atom. The molecule has 0 bridgehead atoms. The molecule has 0 radical (unpaired) electrons. The van der Waals surface area contributed by atoms with E-state index in [0.29, 0.717) is 49.9 Å². The molecular weight excluding hydrogens is 419 g/mol. The van der Waals surface area contributed by atoms with Crippen LogP contribution in [-0.2, 0) is 33.7 Å². The van der Waals surface area contributed by atoms with E-state index in [2.05, 4.69) is 4.98 Å². The van der Waals surface area contributed by atoms with Crippen molar-refractivity contribution in [1.29, 1.82) is 0 Å². The van der Waals surface area contributed by atoms with Crippen LogP contribution in [0.1, 0.15) is 32.3 Å². The average molecular weight is 448 g/mol. The Kier molecular flexibility index (Phi) is 7.64. The van der Waals surface area contributed by atoms with Crippen LogP contribution in [-0.4, -0.2) is 38.1 Å². The number of rotatable bonds is 11. The number of hydrogen-bond donors (Lipinski definition) is 0. The summed E-state index contributed by atoms with van der Waals surface area (Å²) >= 11 is 0. The first-order chi connectivity index (χ1) is 14.9. The Balaban J connectivity index is 1.76. The Labute approximate surface area is 180 Å². The van der Waals surface area contributed by atoms with Crippen LogP contribution in [0.15, 0.2) is 46.2 Å². The van der Waals surface area contributed by atoms with Gasteiger partial charge in [-0.15, -0.1) is 0 Å². The summed E-state index contributed by atoms with van der Waals surface area (Å²) in [6.45, 7) is 4.95. The topological polar surface area (TPSA) is 97.3 Å². The van der Waals surface area contributed by atoms with Gasteiger partial charge in [0.1, 0.15) is 0 Å². The first kappa shape index (κ1) is 23.2. The van der Waals surface area contributed by atoms with Crippen LogP contribution in [0.4, 0.5) is 0 Å². The summed E-state index contributed by atoms with van der Waals surface area (Å²) in [5, 5.41) is 0. The molecule has 0 spiro atoms. The summed E-state index contributed by atoms with van der Waals surface area (Å²) in [4.78, 5) is 30.1. The lowest BCUT2D eigenvalue weighted by Gasteiger charge is -2.15. The van der Waals surface area contributed by atoms with Gasteiger partial charge in [-0.2, -0.15) is 0 Å². The van der Waals surface area contributed by atoms with Crippen molar-refractivity contribution in [3.8, 4) is 0 Å². The Hall–Kier alpha value is -2.48. The van der Waals surface area contributed by atoms with Gasteiger partial charge in [-0.25, -0.2) is 9.78 Å². The maximum atomic E-state index is 13.1. The third-order valence-corrected chi connectivity index (χ3v) is 7.08. The summed E-state index contributed by atoms with van der Waals surface area (Å²) in [6, 6.07) is 9.40. The van der Waals surface area contributed by atoms with E-state index in [1.54, 1.807) is 31.8 Å². The van der Waals surface area contributed by atoms with Crippen LogP contribution in [0.5, 0.6) is 0 Å². The van der Waals surface area contributed by atoms with Crippen LogP contribution in [0.25, 0.3) is 11.2 Å². The number of benzene rings is 1. The van der Waals surface area contributed by atoms with E-state index < -0.39 is 13.3 Å². The molecule has 0 N–H and O–H groups in total. The van der Waals surface area contributed by atoms with Gasteiger partial charge in [0.05, 0.1) is 26.1 Å². The van der Waals surface area contributed by atoms with Gasteiger partial charge in [0.15, 0.2) is 11.2 Å². The number of aryl methyl sites for hydroxylation is 2. The molecule has 1 aromatic carbocycles. The number of imidazole rings is 1. The van der Waals surface area contributed by atoms with E-state index in [-0.39, 0.29) is 12.1 Å². The highest BCUT2D eigenvalue weighted by Gasteiger charge is 2.20. The smallest absolute Gasteiger partial charge is 0.325 e. The zero-order chi connectivity index (χ0) is 22.4. The fraction of sp³-hybridized carbons (Fsp3) is 0.476. The van der Waals surface area contributed by atoms with E-state index in [1.807, 2.05) is 30.3 Å². The lowest BCUT2D eigenvalue weighted by molar-refractivity contribution is 0.208. The normalized spacial score (nSPS) is 13.5. The van der Waals surface area contributed by atoms with Gasteiger partial charge in [-0.3, -0.25) is 18.5 Å². The minimum absolute atomic E-state index is 0.199. The molecule has 2 aromatic heterocycles. The van der Waals surface area contributed by atoms with Crippen molar-refractivity contribution in [2.75, 3.05) is 19.4 Å². The predicted octanol–water partition coefficient (Wildman–Crippen LogP) is 2.99. The molecule has 168 valence electrons. The largest absolute Gasteiger partial charge is 0.332 e. The minimum atomic E-state index is -3.01. The van der Waals surface area contributed by atoms with Crippen molar-refractivity contribution >= 4 is 18.8 Å². The Morgan fingerprint density at radius 1 is 1.06 bits per heavy atom. The molecule has 2 heterocycles. The first-order valence-electron chi connectivity index (χ1n) is 10.5. The molecule has 0 aliphatic heterocycles. The van der Waals surface area contributed by atoms with E-state index in [9.17, 15) is 14.2 Å². The highest BCUT2D eigenvalue weighted by molar-refractivity contribution is 7.53. The van der Waals surface area contributed by atoms with Crippen molar-refractivity contribution in [1.82, 2.24) is 18.7 Å². The minimum Gasteiger partial charge on any atom is -0.325 e. The van der Waals surface area contributed by atoms with Gasteiger partial charge in [-0.05, 0) is 25.3 Å². The molecule has 3 rings (SSSR count). The second-order valence-corrected chi connectivity index (χ2v) is 9.58. The monoisotopic (exact) mass is 448 g/mol. The molecule has 0 aliphatic carbocycles. The molecule has 0 fully saturated rings. The molecule has 9 nitrogen and oxygen atoms in total. The maximum Gasteiger partial charge on any atom is 0.332 e. The molecule has 0 saturated carbocycles. The van der Waals surface area contributed by atoms with Crippen molar-refractivity contribution < 1.29 is 13.6 Å². The predicted molar refractivity (Wildman–Crippen MR) is 120 cm³/mol. The number of hydrogen-bond acceptors (Lipinski definition) is 6. The highest BCUT2D eigenvalue weighted by atomic mass is 31.2. The molecule has 0 aliphatic rings. The van der Waals surface area contributed by atoms with E-state index in [1.165, 1.54) is 9.13 Å². The molecule has 31 heavy (non-hydrogen) atoms. The zero-order valence-electron chi connectivity index (χ0n) is 18.2. The third kappa shape index (κ3) is 5.23. The van der Waals surface area contributed by atoms with Crippen LogP contribution in [0.3, 0.4) is 0 Å². The van der Waals surface area contributed by atoms with Gasteiger partial charge in [-0.1, -0.05) is 37.3 Å². The van der Waals surface area contributed by atoms with Gasteiger partial charge >= 0.3 is 13.3 Å². The third-order valence-electron chi connectivity index (χ3n) is 5.08. The van der Waals surface area contributed by atoms with Gasteiger partial charge < -0.3 is 13.6 Å². The number of unbranched alkanes of at least 4 members (excludes halogenated alkanes) is 1. The SMILES string of the molecule is CCOP(=O)(CC)OCCCCn1cnc2c1c(=O)n(Cc1ccccc1)c(=O)n2C. The average Bonchev–Trinajstić information content (AvgIpc) is 3.20. The number of aromatic nitrogens is 4. The van der Waals surface area contributed by atoms with Crippen LogP contribution in [0.2, 0.25) is 0 Å². The summed E-state index contributed by atoms with van der Waals surface area (Å²) < 4.78 is 27.4. The molecular formula is C21H29N4O5P. The molecule has 10 heteroatoms. The van der Waals surface area contributed by atoms with Gasteiger partial charge in [0, 0.05) is 19.8 Å². The van der Waals surface area contributed by atoms with Crippen LogP contribution < -0.4 is 11.2 Å². The standard InChI is InChI=1S/C21H29N4O5P/c1-4-29-31(28,5-2)30-14-10-9-13-24-16-22-19-18(24)20(26)25(21(27)23(19)3)15-17-11-7-6-8-12-17/h6-8,11-12,16H,4-5,9-10,13-15H2,1-3H3. The number of nitrogens with zero attached hydrogens (tertiary/aromatic N) is 4. The first-order valence-corrected chi connectivity index (χ1v) is 12.2. The van der Waals surface area contributed by atoms with Crippen LogP contribution in [0, 0.1) is 0 Å². The Morgan fingerprint density at radius 2 is 1.81 bits per heavy atom. The van der Waals surface area contributed by atoms with Crippen molar-refractivity contribution in [2.45, 2.75) is 39.8 Å². The molecule has 1 atom stereocenters. The highest BCUT2D eigenvalue weighted by Crippen LogP contribution is 2.47. The maximum absolute atomic E-state index is 13.1. The molecule has 0 amide bonds. The van der Waals surface area contributed by atoms with Crippen molar-refractivity contribution in [2.24, 2.45) is 7.05 Å². The molecule has 3 aromatic rings. The number of fused-ring (bicyclic) bond motifs is 1. The van der Waals surface area contributed by atoms with E-state index in [0.717, 1.165) is 5.56 Å². The fourth-order valence-corrected chi connectivity index (χ4v) is 4.64. The molecule has 0 saturated heterocycles. The zero-order valence-corrected chi connectivity index (χ0v) is 19.1. The Bertz CT molecular complexity index is 1180. The van der Waals surface area contributed by atoms with Gasteiger partial charge in [0.2, 0.25) is 0 Å². The van der Waals surface area contributed by atoms with Crippen LogP contribution >= 0.6 is 7.60 Å². The quantitative estimate of drug-likeness (QED) is 0.330. The van der Waals surface area contributed by atoms with E-state index in [4.69, 9.17) is 9.05 Å². The summed E-state index contributed by atoms with van der Waals surface area (Å²) in [5.74, 6) is 0. The second-order valence-electron chi connectivity index (χ2n) is 7.21. The van der Waals surface area contributed by atoms with Gasteiger partial charge in [0.25, 0.3) is 5.56 Å². The van der Waals surface area contributed by atoms with E-state index >= 15 is 0 Å². The van der Waals surface area contributed by atoms with Crippen molar-refractivity contribution in [3.05, 3.63) is 63.1 Å². The summed E-state index contributed by atoms with van der Waals surface area (Å²) in [6.07, 6.45) is 3.27. The molecule has 1 unspecified atom stereocenters. The lowest BCUT2D eigenvalue weighted by Crippen LogP contribution is -2.40. The van der Waals surface area contributed by atoms with Crippen molar-refractivity contribution in [3.63, 3.8) is 0 Å². The summed E-state index contributed by atoms with van der Waals surface area (Å²) in [7, 11) is -1.39. The fourth-order valence-electron chi connectivity index (χ4n) is 3.40. The summed E-state index contributed by atoms with van der Waals surface area (Å²) in [5.41, 5.74) is 0.877.